The number of phenolic OH excluding ortho intramolecular Hbond substituents is 4. The van der Waals surface area contributed by atoms with E-state index >= 15 is 0 Å². The van der Waals surface area contributed by atoms with Gasteiger partial charge in [-0.15, -0.1) is 0 Å². The zero-order valence-corrected chi connectivity index (χ0v) is 18.2. The van der Waals surface area contributed by atoms with E-state index in [1.165, 1.54) is 43.5 Å². The highest BCUT2D eigenvalue weighted by Gasteiger charge is 2.17. The van der Waals surface area contributed by atoms with Crippen molar-refractivity contribution in [3.8, 4) is 28.7 Å². The molecule has 0 radical (unpaired) electrons. The van der Waals surface area contributed by atoms with Crippen molar-refractivity contribution in [1.29, 1.82) is 0 Å². The molecule has 0 aromatic heterocycles. The molecule has 34 heavy (non-hydrogen) atoms. The number of phenols is 4. The SMILES string of the molecule is COc1ccc(C(=O)c2ccccc2O)c(O)c1.O=C(c1ccccc1)c1ccc(O)cc1O. The predicted molar refractivity (Wildman–Crippen MR) is 126 cm³/mol. The molecule has 0 aliphatic heterocycles. The molecule has 0 spiro atoms. The number of hydrogen-bond donors (Lipinski definition) is 4. The fourth-order valence-electron chi connectivity index (χ4n) is 3.10. The molecule has 0 bridgehead atoms. The molecule has 4 aromatic carbocycles. The van der Waals surface area contributed by atoms with Gasteiger partial charge in [-0.2, -0.15) is 0 Å². The van der Waals surface area contributed by atoms with Gasteiger partial charge in [0, 0.05) is 17.7 Å². The largest absolute Gasteiger partial charge is 0.508 e. The molecule has 4 N–H and O–H groups in total. The van der Waals surface area contributed by atoms with Crippen molar-refractivity contribution in [1.82, 2.24) is 0 Å². The molecular formula is C27H22O7. The Hall–Kier alpha value is -4.78. The normalized spacial score (nSPS) is 10.0. The first-order valence-corrected chi connectivity index (χ1v) is 10.1. The lowest BCUT2D eigenvalue weighted by Crippen LogP contribution is -2.02. The van der Waals surface area contributed by atoms with Crippen molar-refractivity contribution < 1.29 is 34.8 Å². The number of carbonyl (C=O) groups excluding carboxylic acids is 2. The zero-order chi connectivity index (χ0) is 24.7. The third-order valence-electron chi connectivity index (χ3n) is 4.86. The summed E-state index contributed by atoms with van der Waals surface area (Å²) in [5, 5.41) is 38.0. The minimum Gasteiger partial charge on any atom is -0.508 e. The van der Waals surface area contributed by atoms with E-state index in [1.807, 2.05) is 6.07 Å². The van der Waals surface area contributed by atoms with Crippen LogP contribution >= 0.6 is 0 Å². The highest BCUT2D eigenvalue weighted by molar-refractivity contribution is 6.12. The molecule has 4 aromatic rings. The van der Waals surface area contributed by atoms with Gasteiger partial charge in [0.2, 0.25) is 0 Å². The van der Waals surface area contributed by atoms with Gasteiger partial charge in [-0.3, -0.25) is 9.59 Å². The van der Waals surface area contributed by atoms with E-state index in [2.05, 4.69) is 0 Å². The van der Waals surface area contributed by atoms with Gasteiger partial charge >= 0.3 is 0 Å². The van der Waals surface area contributed by atoms with Crippen molar-refractivity contribution in [3.05, 3.63) is 113 Å². The lowest BCUT2D eigenvalue weighted by Gasteiger charge is -2.07. The second-order valence-electron chi connectivity index (χ2n) is 7.13. The third-order valence-corrected chi connectivity index (χ3v) is 4.86. The van der Waals surface area contributed by atoms with E-state index in [-0.39, 0.29) is 45.5 Å². The van der Waals surface area contributed by atoms with Crippen LogP contribution in [0.15, 0.2) is 91.0 Å². The number of benzene rings is 4. The van der Waals surface area contributed by atoms with Crippen LogP contribution in [-0.4, -0.2) is 39.1 Å². The fourth-order valence-corrected chi connectivity index (χ4v) is 3.10. The van der Waals surface area contributed by atoms with E-state index in [4.69, 9.17) is 9.84 Å². The standard InChI is InChI=1S/C14H12O4.C13H10O3/c1-18-9-6-7-11(13(16)8-9)14(17)10-4-2-3-5-12(10)15;14-10-6-7-11(12(15)8-10)13(16)9-4-2-1-3-5-9/h2-8,15-16H,1H3;1-8,14-15H. The molecule has 172 valence electrons. The van der Waals surface area contributed by atoms with E-state index in [0.29, 0.717) is 11.3 Å². The average Bonchev–Trinajstić information content (AvgIpc) is 2.84. The Labute approximate surface area is 195 Å². The topological polar surface area (TPSA) is 124 Å². The smallest absolute Gasteiger partial charge is 0.200 e. The van der Waals surface area contributed by atoms with Gasteiger partial charge in [-0.05, 0) is 36.4 Å². The summed E-state index contributed by atoms with van der Waals surface area (Å²) in [6.45, 7) is 0. The van der Waals surface area contributed by atoms with Gasteiger partial charge in [-0.25, -0.2) is 0 Å². The molecule has 0 atom stereocenters. The number of methoxy groups -OCH3 is 1. The molecule has 0 saturated heterocycles. The van der Waals surface area contributed by atoms with Gasteiger partial charge in [-0.1, -0.05) is 42.5 Å². The number of hydrogen-bond acceptors (Lipinski definition) is 7. The summed E-state index contributed by atoms with van der Waals surface area (Å²) in [5.74, 6) is -0.816. The molecule has 0 aliphatic carbocycles. The van der Waals surface area contributed by atoms with Crippen LogP contribution < -0.4 is 4.74 Å². The van der Waals surface area contributed by atoms with Crippen molar-refractivity contribution in [2.24, 2.45) is 0 Å². The van der Waals surface area contributed by atoms with Gasteiger partial charge in [0.1, 0.15) is 28.7 Å². The van der Waals surface area contributed by atoms with E-state index < -0.39 is 5.78 Å². The summed E-state index contributed by atoms with van der Waals surface area (Å²) in [7, 11) is 1.47. The minimum absolute atomic E-state index is 0.0675. The Balaban J connectivity index is 0.000000192. The van der Waals surface area contributed by atoms with Crippen molar-refractivity contribution in [2.45, 2.75) is 0 Å². The number of para-hydroxylation sites is 1. The number of rotatable bonds is 5. The maximum atomic E-state index is 12.1. The second-order valence-corrected chi connectivity index (χ2v) is 7.13. The first-order chi connectivity index (χ1) is 16.3. The van der Waals surface area contributed by atoms with Crippen LogP contribution in [-0.2, 0) is 0 Å². The lowest BCUT2D eigenvalue weighted by molar-refractivity contribution is 0.102. The van der Waals surface area contributed by atoms with E-state index in [9.17, 15) is 24.9 Å². The maximum absolute atomic E-state index is 12.1. The monoisotopic (exact) mass is 458 g/mol. The summed E-state index contributed by atoms with van der Waals surface area (Å²) in [6.07, 6.45) is 0. The second kappa shape index (κ2) is 10.7. The van der Waals surface area contributed by atoms with Crippen LogP contribution in [0.3, 0.4) is 0 Å². The molecule has 0 unspecified atom stereocenters. The zero-order valence-electron chi connectivity index (χ0n) is 18.2. The van der Waals surface area contributed by atoms with Crippen LogP contribution in [0.2, 0.25) is 0 Å². The first-order valence-electron chi connectivity index (χ1n) is 10.1. The number of carbonyl (C=O) groups is 2. The quantitative estimate of drug-likeness (QED) is 0.321. The molecule has 0 fully saturated rings. The first kappa shape index (κ1) is 23.9. The molecular weight excluding hydrogens is 436 g/mol. The Bertz CT molecular complexity index is 1310. The molecule has 7 nitrogen and oxygen atoms in total. The number of ether oxygens (including phenoxy) is 1. The van der Waals surface area contributed by atoms with Crippen molar-refractivity contribution in [2.75, 3.05) is 7.11 Å². The summed E-state index contributed by atoms with van der Waals surface area (Å²) < 4.78 is 4.94. The number of aromatic hydroxyl groups is 4. The van der Waals surface area contributed by atoms with Crippen LogP contribution in [0.1, 0.15) is 31.8 Å². The van der Waals surface area contributed by atoms with Crippen molar-refractivity contribution in [3.63, 3.8) is 0 Å². The van der Waals surface area contributed by atoms with Crippen LogP contribution in [0.25, 0.3) is 0 Å². The summed E-state index contributed by atoms with van der Waals surface area (Å²) in [5.41, 5.74) is 0.961. The summed E-state index contributed by atoms with van der Waals surface area (Å²) in [4.78, 5) is 24.1. The van der Waals surface area contributed by atoms with Crippen LogP contribution in [0.5, 0.6) is 28.7 Å². The van der Waals surface area contributed by atoms with Crippen LogP contribution in [0.4, 0.5) is 0 Å². The molecule has 7 heteroatoms. The molecule has 4 rings (SSSR count). The molecule has 0 heterocycles. The Kier molecular flexibility index (Phi) is 7.51. The van der Waals surface area contributed by atoms with Gasteiger partial charge in [0.05, 0.1) is 23.8 Å². The highest BCUT2D eigenvalue weighted by Crippen LogP contribution is 2.28. The Morgan fingerprint density at radius 1 is 0.588 bits per heavy atom. The van der Waals surface area contributed by atoms with Crippen molar-refractivity contribution >= 4 is 11.6 Å². The summed E-state index contributed by atoms with van der Waals surface area (Å²) >= 11 is 0. The van der Waals surface area contributed by atoms with Gasteiger partial charge < -0.3 is 25.2 Å². The third kappa shape index (κ3) is 5.52. The van der Waals surface area contributed by atoms with E-state index in [0.717, 1.165) is 6.07 Å². The van der Waals surface area contributed by atoms with E-state index in [1.54, 1.807) is 42.5 Å². The highest BCUT2D eigenvalue weighted by atomic mass is 16.5. The average molecular weight is 458 g/mol. The Morgan fingerprint density at radius 3 is 1.76 bits per heavy atom. The molecule has 0 aliphatic rings. The van der Waals surface area contributed by atoms with Crippen LogP contribution in [0, 0.1) is 0 Å². The molecule has 0 amide bonds. The predicted octanol–water partition coefficient (Wildman–Crippen LogP) is 4.67. The molecule has 0 saturated carbocycles. The minimum atomic E-state index is -0.437. The maximum Gasteiger partial charge on any atom is 0.200 e. The van der Waals surface area contributed by atoms with Gasteiger partial charge in [0.25, 0.3) is 0 Å². The fraction of sp³-hybridized carbons (Fsp3) is 0.0370. The number of ketones is 2. The lowest BCUT2D eigenvalue weighted by atomic mass is 10.0. The Morgan fingerprint density at radius 2 is 1.15 bits per heavy atom. The van der Waals surface area contributed by atoms with Gasteiger partial charge in [0.15, 0.2) is 11.6 Å². The summed E-state index contributed by atoms with van der Waals surface area (Å²) in [6, 6.07) is 23.2.